The van der Waals surface area contributed by atoms with Crippen molar-refractivity contribution >= 4 is 15.8 Å². The van der Waals surface area contributed by atoms with Gasteiger partial charge in [-0.15, -0.1) is 0 Å². The monoisotopic (exact) mass is 374 g/mol. The Kier molecular flexibility index (Phi) is 5.34. The van der Waals surface area contributed by atoms with Crippen LogP contribution in [0.15, 0.2) is 17.0 Å². The Morgan fingerprint density at radius 2 is 1.71 bits per heavy atom. The molecule has 0 aliphatic rings. The quantitative estimate of drug-likeness (QED) is 0.793. The van der Waals surface area contributed by atoms with Crippen LogP contribution in [0.3, 0.4) is 0 Å². The molecule has 1 atom stereocenters. The van der Waals surface area contributed by atoms with E-state index in [2.05, 4.69) is 0 Å². The Bertz CT molecular complexity index is 753. The van der Waals surface area contributed by atoms with Crippen molar-refractivity contribution in [1.29, 1.82) is 0 Å². The lowest BCUT2D eigenvalue weighted by molar-refractivity contribution is -0.290. The van der Waals surface area contributed by atoms with Crippen LogP contribution in [0.25, 0.3) is 0 Å². The highest BCUT2D eigenvalue weighted by Crippen LogP contribution is 2.47. The third kappa shape index (κ3) is 3.24. The van der Waals surface area contributed by atoms with E-state index in [-0.39, 0.29) is 12.5 Å². The number of carboxylic acids is 1. The van der Waals surface area contributed by atoms with Gasteiger partial charge in [-0.1, -0.05) is 13.0 Å². The second-order valence-electron chi connectivity index (χ2n) is 5.26. The molecule has 1 N–H and O–H groups in total. The fraction of sp³-hybridized carbons (Fsp3) is 0.500. The second-order valence-corrected chi connectivity index (χ2v) is 7.56. The van der Waals surface area contributed by atoms with Gasteiger partial charge in [-0.05, 0) is 31.9 Å². The molecule has 0 saturated carbocycles. The van der Waals surface area contributed by atoms with Gasteiger partial charge in [-0.3, -0.25) is 0 Å². The van der Waals surface area contributed by atoms with Gasteiger partial charge in [0.2, 0.25) is 0 Å². The van der Waals surface area contributed by atoms with Crippen molar-refractivity contribution in [2.75, 3.05) is 0 Å². The highest BCUT2D eigenvalue weighted by Gasteiger charge is 2.60. The van der Waals surface area contributed by atoms with E-state index < -0.39 is 54.7 Å². The van der Waals surface area contributed by atoms with Crippen molar-refractivity contribution in [3.05, 3.63) is 28.8 Å². The molecular weight excluding hydrogens is 359 g/mol. The van der Waals surface area contributed by atoms with E-state index in [0.717, 1.165) is 13.8 Å². The Morgan fingerprint density at radius 3 is 2.08 bits per heavy atom. The summed E-state index contributed by atoms with van der Waals surface area (Å²) in [5, 5.41) is 7.74. The van der Waals surface area contributed by atoms with Crippen LogP contribution in [0.1, 0.15) is 41.8 Å². The molecule has 0 fully saturated rings. The normalized spacial score (nSPS) is 14.5. The van der Waals surface area contributed by atoms with E-state index in [0.29, 0.717) is 6.07 Å². The van der Waals surface area contributed by atoms with Crippen LogP contribution in [0.5, 0.6) is 0 Å². The van der Waals surface area contributed by atoms with Crippen molar-refractivity contribution in [2.24, 2.45) is 0 Å². The summed E-state index contributed by atoms with van der Waals surface area (Å²) in [4.78, 5) is 9.82. The van der Waals surface area contributed by atoms with E-state index in [1.807, 2.05) is 0 Å². The number of alkyl halides is 5. The van der Waals surface area contributed by atoms with Gasteiger partial charge in [-0.2, -0.15) is 22.0 Å². The van der Waals surface area contributed by atoms with E-state index in [1.54, 1.807) is 0 Å². The highest BCUT2D eigenvalue weighted by molar-refractivity contribution is 7.92. The smallest absolute Gasteiger partial charge is 0.458 e. The average molecular weight is 374 g/mol. The van der Waals surface area contributed by atoms with E-state index >= 15 is 0 Å². The summed E-state index contributed by atoms with van der Waals surface area (Å²) in [6, 6.07) is 0.751. The first-order chi connectivity index (χ1) is 10.7. The number of aromatic carboxylic acids is 1. The third-order valence-electron chi connectivity index (χ3n) is 3.72. The van der Waals surface area contributed by atoms with E-state index in [1.165, 1.54) is 6.92 Å². The lowest BCUT2D eigenvalue weighted by Crippen LogP contribution is -2.36. The highest BCUT2D eigenvalue weighted by atomic mass is 32.2. The lowest BCUT2D eigenvalue weighted by Gasteiger charge is -2.25. The molecule has 0 amide bonds. The van der Waals surface area contributed by atoms with Gasteiger partial charge in [0.1, 0.15) is 0 Å². The number of sulfone groups is 1. The zero-order chi connectivity index (χ0) is 19.1. The van der Waals surface area contributed by atoms with Crippen LogP contribution < -0.4 is 0 Å². The second kappa shape index (κ2) is 6.30. The number of benzene rings is 1. The van der Waals surface area contributed by atoms with Crippen LogP contribution in [0.2, 0.25) is 0 Å². The summed E-state index contributed by atoms with van der Waals surface area (Å²) >= 11 is 0. The number of hydrogen-bond donors (Lipinski definition) is 1. The summed E-state index contributed by atoms with van der Waals surface area (Å²) in [7, 11) is -4.59. The van der Waals surface area contributed by atoms with Gasteiger partial charge >= 0.3 is 18.1 Å². The Labute approximate surface area is 135 Å². The minimum absolute atomic E-state index is 0.0455. The first-order valence-electron chi connectivity index (χ1n) is 6.75. The fourth-order valence-corrected chi connectivity index (χ4v) is 3.99. The predicted octanol–water partition coefficient (Wildman–Crippen LogP) is 3.92. The van der Waals surface area contributed by atoms with Crippen molar-refractivity contribution in [2.45, 2.75) is 49.4 Å². The molecule has 0 unspecified atom stereocenters. The largest absolute Gasteiger partial charge is 0.478 e. The minimum Gasteiger partial charge on any atom is -0.478 e. The van der Waals surface area contributed by atoms with Gasteiger partial charge in [0, 0.05) is 5.56 Å². The molecule has 1 rings (SSSR count). The SMILES string of the molecule is CC[C@H](C)S(=O)(=O)c1c(C(F)(F)C(F)(F)F)ccc(C(=O)O)c1C. The number of carbonyl (C=O) groups is 1. The molecule has 0 spiro atoms. The first-order valence-corrected chi connectivity index (χ1v) is 8.30. The predicted molar refractivity (Wildman–Crippen MR) is 75.0 cm³/mol. The summed E-state index contributed by atoms with van der Waals surface area (Å²) in [6.45, 7) is 3.46. The molecule has 0 bridgehead atoms. The van der Waals surface area contributed by atoms with E-state index in [9.17, 15) is 35.2 Å². The van der Waals surface area contributed by atoms with Crippen LogP contribution in [-0.4, -0.2) is 30.9 Å². The molecule has 24 heavy (non-hydrogen) atoms. The Hall–Kier alpha value is -1.71. The van der Waals surface area contributed by atoms with Gasteiger partial charge in [0.25, 0.3) is 0 Å². The molecule has 0 saturated heterocycles. The van der Waals surface area contributed by atoms with Crippen molar-refractivity contribution in [3.8, 4) is 0 Å². The van der Waals surface area contributed by atoms with Crippen LogP contribution in [-0.2, 0) is 15.8 Å². The molecule has 10 heteroatoms. The van der Waals surface area contributed by atoms with Crippen molar-refractivity contribution in [1.82, 2.24) is 0 Å². The number of hydrogen-bond acceptors (Lipinski definition) is 3. The summed E-state index contributed by atoms with van der Waals surface area (Å²) < 4.78 is 90.6. The molecule has 0 aliphatic heterocycles. The summed E-state index contributed by atoms with van der Waals surface area (Å²) in [5.74, 6) is -7.07. The average Bonchev–Trinajstić information content (AvgIpc) is 2.43. The number of carboxylic acid groups (broad SMARTS) is 1. The maximum absolute atomic E-state index is 13.8. The maximum atomic E-state index is 13.8. The van der Waals surface area contributed by atoms with Gasteiger partial charge in [0.15, 0.2) is 9.84 Å². The van der Waals surface area contributed by atoms with Crippen LogP contribution >= 0.6 is 0 Å². The number of halogens is 5. The topological polar surface area (TPSA) is 71.4 Å². The molecule has 0 aliphatic carbocycles. The molecule has 1 aromatic rings. The van der Waals surface area contributed by atoms with Crippen molar-refractivity contribution in [3.63, 3.8) is 0 Å². The standard InChI is InChI=1S/C14H15F5O4S/c1-4-7(2)24(22,23)11-8(3)9(12(20)21)5-6-10(11)13(15,16)14(17,18)19/h5-7H,4H2,1-3H3,(H,20,21)/t7-/m0/s1. The minimum atomic E-state index is -6.02. The molecular formula is C14H15F5O4S. The molecule has 1 aromatic carbocycles. The lowest BCUT2D eigenvalue weighted by atomic mass is 10.0. The van der Waals surface area contributed by atoms with Crippen molar-refractivity contribution < 1.29 is 40.3 Å². The molecule has 136 valence electrons. The summed E-state index contributed by atoms with van der Waals surface area (Å²) in [6.07, 6.45) is -6.07. The van der Waals surface area contributed by atoms with Gasteiger partial charge in [-0.25, -0.2) is 13.2 Å². The van der Waals surface area contributed by atoms with Gasteiger partial charge in [0.05, 0.1) is 15.7 Å². The zero-order valence-corrected chi connectivity index (χ0v) is 13.7. The third-order valence-corrected chi connectivity index (χ3v) is 6.21. The number of rotatable bonds is 5. The Morgan fingerprint density at radius 1 is 1.21 bits per heavy atom. The molecule has 0 aromatic heterocycles. The van der Waals surface area contributed by atoms with Crippen LogP contribution in [0, 0.1) is 6.92 Å². The molecule has 0 heterocycles. The molecule has 0 radical (unpaired) electrons. The fourth-order valence-electron chi connectivity index (χ4n) is 2.11. The summed E-state index contributed by atoms with van der Waals surface area (Å²) in [5.41, 5.74) is -3.07. The zero-order valence-electron chi connectivity index (χ0n) is 12.9. The Balaban J connectivity index is 3.95. The van der Waals surface area contributed by atoms with Crippen LogP contribution in [0.4, 0.5) is 22.0 Å². The van der Waals surface area contributed by atoms with E-state index in [4.69, 9.17) is 5.11 Å². The maximum Gasteiger partial charge on any atom is 0.458 e. The van der Waals surface area contributed by atoms with Gasteiger partial charge < -0.3 is 5.11 Å². The first kappa shape index (κ1) is 20.3. The molecule has 4 nitrogen and oxygen atoms in total.